The minimum absolute atomic E-state index is 0.0888. The number of carbonyl (C=O) groups is 1. The second-order valence-corrected chi connectivity index (χ2v) is 13.0. The highest BCUT2D eigenvalue weighted by Gasteiger charge is 2.61. The summed E-state index contributed by atoms with van der Waals surface area (Å²) in [6, 6.07) is 8.86. The van der Waals surface area contributed by atoms with Crippen molar-refractivity contribution in [1.29, 1.82) is 0 Å². The average Bonchev–Trinajstić information content (AvgIpc) is 3.40. The van der Waals surface area contributed by atoms with Gasteiger partial charge in [0, 0.05) is 0 Å². The summed E-state index contributed by atoms with van der Waals surface area (Å²) in [5.74, 6) is 4.11. The van der Waals surface area contributed by atoms with Gasteiger partial charge in [0.2, 0.25) is 5.91 Å². The minimum atomic E-state index is -0.269. The van der Waals surface area contributed by atoms with Crippen LogP contribution in [-0.4, -0.2) is 41.3 Å². The van der Waals surface area contributed by atoms with Crippen LogP contribution in [0.25, 0.3) is 0 Å². The van der Waals surface area contributed by atoms with Gasteiger partial charge in [-0.3, -0.25) is 19.6 Å². The van der Waals surface area contributed by atoms with E-state index in [0.717, 1.165) is 55.2 Å². The molecule has 2 aliphatic heterocycles. The summed E-state index contributed by atoms with van der Waals surface area (Å²) < 4.78 is 0. The van der Waals surface area contributed by atoms with Crippen LogP contribution in [0.5, 0.6) is 0 Å². The average molecular weight is 460 g/mol. The molecule has 7 fully saturated rings. The number of aliphatic imine (C=N–C) groups is 1. The van der Waals surface area contributed by atoms with Crippen LogP contribution in [0.2, 0.25) is 0 Å². The van der Waals surface area contributed by atoms with Gasteiger partial charge in [0.25, 0.3) is 0 Å². The molecule has 0 unspecified atom stereocenters. The lowest BCUT2D eigenvalue weighted by atomic mass is 9.53. The van der Waals surface area contributed by atoms with E-state index in [1.807, 2.05) is 0 Å². The molecule has 1 spiro atoms. The molecule has 0 N–H and O–H groups in total. The number of likely N-dealkylation sites (tertiary alicyclic amines) is 1. The highest BCUT2D eigenvalue weighted by molar-refractivity contribution is 6.27. The molecule has 7 aliphatic rings. The molecule has 8 rings (SSSR count). The van der Waals surface area contributed by atoms with Gasteiger partial charge in [-0.25, -0.2) is 0 Å². The maximum Gasteiger partial charge on any atom is 0.240 e. The van der Waals surface area contributed by atoms with Gasteiger partial charge < -0.3 is 0 Å². The molecule has 5 saturated carbocycles. The normalized spacial score (nSPS) is 40.2. The van der Waals surface area contributed by atoms with Gasteiger partial charge in [0.05, 0.1) is 22.7 Å². The summed E-state index contributed by atoms with van der Waals surface area (Å²) in [6.45, 7) is 4.39. The van der Waals surface area contributed by atoms with Crippen LogP contribution in [0, 0.1) is 30.1 Å². The SMILES string of the molecule is Cc1ccc(N2C(=O)C3(CCCCC3)[C@H](N3CCCC3)C2=NC23CC4CC(CC(C4)C2)C3)cc1. The first-order valence-corrected chi connectivity index (χ1v) is 14.3. The lowest BCUT2D eigenvalue weighted by Gasteiger charge is -2.55. The van der Waals surface area contributed by atoms with Gasteiger partial charge in [-0.1, -0.05) is 37.0 Å². The van der Waals surface area contributed by atoms with E-state index in [0.29, 0.717) is 5.91 Å². The molecule has 1 atom stereocenters. The molecular formula is C30H41N3O. The topological polar surface area (TPSA) is 35.9 Å². The number of amidine groups is 1. The highest BCUT2D eigenvalue weighted by atomic mass is 16.2. The first kappa shape index (κ1) is 21.6. The number of nitrogens with zero attached hydrogens (tertiary/aromatic N) is 3. The molecule has 0 radical (unpaired) electrons. The number of anilines is 1. The molecule has 0 aromatic heterocycles. The Labute approximate surface area is 205 Å². The largest absolute Gasteiger partial charge is 0.293 e. The number of amides is 1. The third kappa shape index (κ3) is 3.27. The van der Waals surface area contributed by atoms with E-state index in [1.165, 1.54) is 76.2 Å². The van der Waals surface area contributed by atoms with E-state index in [-0.39, 0.29) is 17.0 Å². The lowest BCUT2D eigenvalue weighted by molar-refractivity contribution is -0.129. The maximum absolute atomic E-state index is 14.5. The minimum Gasteiger partial charge on any atom is -0.293 e. The van der Waals surface area contributed by atoms with Crippen molar-refractivity contribution in [3.63, 3.8) is 0 Å². The first-order valence-electron chi connectivity index (χ1n) is 14.3. The third-order valence-electron chi connectivity index (χ3n) is 10.5. The van der Waals surface area contributed by atoms with Crippen molar-refractivity contribution in [3.8, 4) is 0 Å². The van der Waals surface area contributed by atoms with Crippen molar-refractivity contribution in [2.45, 2.75) is 102 Å². The monoisotopic (exact) mass is 459 g/mol. The summed E-state index contributed by atoms with van der Waals surface area (Å²) >= 11 is 0. The molecule has 4 bridgehead atoms. The molecule has 1 amide bonds. The Morgan fingerprint density at radius 3 is 2.00 bits per heavy atom. The van der Waals surface area contributed by atoms with Gasteiger partial charge >= 0.3 is 0 Å². The highest BCUT2D eigenvalue weighted by Crippen LogP contribution is 2.58. The van der Waals surface area contributed by atoms with Crippen LogP contribution >= 0.6 is 0 Å². The van der Waals surface area contributed by atoms with Crippen LogP contribution in [0.15, 0.2) is 29.3 Å². The molecule has 182 valence electrons. The van der Waals surface area contributed by atoms with Gasteiger partial charge in [0.15, 0.2) is 0 Å². The Morgan fingerprint density at radius 2 is 1.41 bits per heavy atom. The van der Waals surface area contributed by atoms with E-state index in [4.69, 9.17) is 4.99 Å². The van der Waals surface area contributed by atoms with Crippen LogP contribution in [0.4, 0.5) is 5.69 Å². The van der Waals surface area contributed by atoms with E-state index < -0.39 is 0 Å². The Bertz CT molecular complexity index is 948. The lowest BCUT2D eigenvalue weighted by Crippen LogP contribution is -2.53. The molecule has 2 heterocycles. The number of benzene rings is 1. The van der Waals surface area contributed by atoms with Crippen LogP contribution in [-0.2, 0) is 4.79 Å². The summed E-state index contributed by atoms with van der Waals surface area (Å²) in [5, 5.41) is 0. The number of aryl methyl sites for hydroxylation is 1. The second kappa shape index (κ2) is 7.91. The standard InChI is InChI=1S/C30H41N3O/c1-21-7-9-25(10-8-21)33-27(31-29-18-22-15-23(19-29)17-24(16-22)20-29)26(32-13-5-6-14-32)30(28(33)34)11-3-2-4-12-30/h7-10,22-24,26H,2-6,11-20H2,1H3/t22?,23?,24?,26-,29?/m1/s1. The zero-order valence-corrected chi connectivity index (χ0v) is 21.0. The Hall–Kier alpha value is -1.68. The van der Waals surface area contributed by atoms with E-state index in [2.05, 4.69) is 41.0 Å². The van der Waals surface area contributed by atoms with Crippen molar-refractivity contribution in [2.24, 2.45) is 28.2 Å². The van der Waals surface area contributed by atoms with E-state index in [9.17, 15) is 4.79 Å². The number of hydrogen-bond acceptors (Lipinski definition) is 3. The van der Waals surface area contributed by atoms with Crippen LogP contribution in [0.1, 0.15) is 89.0 Å². The molecule has 1 aromatic carbocycles. The molecule has 4 heteroatoms. The summed E-state index contributed by atoms with van der Waals surface area (Å²) in [5.41, 5.74) is 2.12. The molecule has 2 saturated heterocycles. The molecule has 5 aliphatic carbocycles. The number of carbonyl (C=O) groups excluding carboxylic acids is 1. The van der Waals surface area contributed by atoms with E-state index >= 15 is 0 Å². The zero-order valence-electron chi connectivity index (χ0n) is 21.0. The van der Waals surface area contributed by atoms with Crippen molar-refractivity contribution >= 4 is 17.4 Å². The predicted molar refractivity (Wildman–Crippen MR) is 137 cm³/mol. The van der Waals surface area contributed by atoms with Crippen molar-refractivity contribution in [1.82, 2.24) is 4.90 Å². The molecule has 1 aromatic rings. The second-order valence-electron chi connectivity index (χ2n) is 13.0. The fourth-order valence-corrected chi connectivity index (χ4v) is 9.49. The zero-order chi connectivity index (χ0) is 22.9. The quantitative estimate of drug-likeness (QED) is 0.546. The van der Waals surface area contributed by atoms with Gasteiger partial charge in [-0.05, 0) is 114 Å². The maximum atomic E-state index is 14.5. The van der Waals surface area contributed by atoms with Crippen molar-refractivity contribution in [2.75, 3.05) is 18.0 Å². The van der Waals surface area contributed by atoms with Crippen LogP contribution < -0.4 is 4.90 Å². The first-order chi connectivity index (χ1) is 16.6. The van der Waals surface area contributed by atoms with Crippen molar-refractivity contribution < 1.29 is 4.79 Å². The Balaban J connectivity index is 1.38. The Kier molecular flexibility index (Phi) is 5.03. The number of hydrogen-bond donors (Lipinski definition) is 0. The summed E-state index contributed by atoms with van der Waals surface area (Å²) in [6.07, 6.45) is 16.3. The molecule has 4 nitrogen and oxygen atoms in total. The van der Waals surface area contributed by atoms with Gasteiger partial charge in [-0.2, -0.15) is 0 Å². The summed E-state index contributed by atoms with van der Waals surface area (Å²) in [7, 11) is 0. The van der Waals surface area contributed by atoms with Crippen LogP contribution in [0.3, 0.4) is 0 Å². The Morgan fingerprint density at radius 1 is 0.824 bits per heavy atom. The fourth-order valence-electron chi connectivity index (χ4n) is 9.49. The molecule has 34 heavy (non-hydrogen) atoms. The fraction of sp³-hybridized carbons (Fsp3) is 0.733. The predicted octanol–water partition coefficient (Wildman–Crippen LogP) is 6.12. The summed E-state index contributed by atoms with van der Waals surface area (Å²) in [4.78, 5) is 25.2. The van der Waals surface area contributed by atoms with Gasteiger partial charge in [-0.15, -0.1) is 0 Å². The smallest absolute Gasteiger partial charge is 0.240 e. The number of rotatable bonds is 3. The van der Waals surface area contributed by atoms with E-state index in [1.54, 1.807) is 0 Å². The molecular weight excluding hydrogens is 418 g/mol. The van der Waals surface area contributed by atoms with Crippen molar-refractivity contribution in [3.05, 3.63) is 29.8 Å². The van der Waals surface area contributed by atoms with Gasteiger partial charge in [0.1, 0.15) is 5.84 Å². The third-order valence-corrected chi connectivity index (χ3v) is 10.5.